The van der Waals surface area contributed by atoms with Gasteiger partial charge in [0.05, 0.1) is 0 Å². The van der Waals surface area contributed by atoms with Crippen molar-refractivity contribution in [1.29, 1.82) is 0 Å². The van der Waals surface area contributed by atoms with E-state index in [2.05, 4.69) is 22.4 Å². The van der Waals surface area contributed by atoms with E-state index in [1.54, 1.807) is 11.3 Å². The van der Waals surface area contributed by atoms with E-state index in [-0.39, 0.29) is 12.5 Å². The van der Waals surface area contributed by atoms with E-state index in [0.717, 1.165) is 52.0 Å². The Kier molecular flexibility index (Phi) is 6.50. The largest absolute Gasteiger partial charge is 0.396 e. The SMILES string of the molecule is O=C(CCCCO)N1CCCN(Cc2cccs2)CC1. The minimum Gasteiger partial charge on any atom is -0.396 e. The average Bonchev–Trinajstić information content (AvgIpc) is 2.84. The number of rotatable bonds is 6. The van der Waals surface area contributed by atoms with Gasteiger partial charge in [0.2, 0.25) is 5.91 Å². The van der Waals surface area contributed by atoms with Crippen molar-refractivity contribution in [2.75, 3.05) is 32.8 Å². The molecule has 0 atom stereocenters. The first-order chi connectivity index (χ1) is 9.79. The third kappa shape index (κ3) is 4.89. The van der Waals surface area contributed by atoms with Gasteiger partial charge in [-0.3, -0.25) is 9.69 Å². The molecule has 0 aromatic carbocycles. The molecule has 0 saturated carbocycles. The van der Waals surface area contributed by atoms with Crippen LogP contribution in [0.3, 0.4) is 0 Å². The van der Waals surface area contributed by atoms with Crippen molar-refractivity contribution in [2.24, 2.45) is 0 Å². The van der Waals surface area contributed by atoms with Gasteiger partial charge < -0.3 is 10.0 Å². The van der Waals surface area contributed by atoms with Gasteiger partial charge in [-0.25, -0.2) is 0 Å². The molecule has 1 aromatic rings. The molecule has 0 spiro atoms. The van der Waals surface area contributed by atoms with Crippen LogP contribution in [-0.2, 0) is 11.3 Å². The Balaban J connectivity index is 1.75. The number of aliphatic hydroxyl groups excluding tert-OH is 1. The first-order valence-corrected chi connectivity index (χ1v) is 8.31. The quantitative estimate of drug-likeness (QED) is 0.816. The van der Waals surface area contributed by atoms with E-state index < -0.39 is 0 Å². The Morgan fingerprint density at radius 2 is 2.15 bits per heavy atom. The molecule has 1 aliphatic heterocycles. The fraction of sp³-hybridized carbons (Fsp3) is 0.667. The lowest BCUT2D eigenvalue weighted by atomic mass is 10.2. The van der Waals surface area contributed by atoms with Gasteiger partial charge in [-0.15, -0.1) is 11.3 Å². The predicted octanol–water partition coefficient (Wildman–Crippen LogP) is 1.95. The van der Waals surface area contributed by atoms with Gasteiger partial charge in [0.1, 0.15) is 0 Å². The molecule has 2 heterocycles. The summed E-state index contributed by atoms with van der Waals surface area (Å²) < 4.78 is 0. The number of amides is 1. The number of carbonyl (C=O) groups is 1. The van der Waals surface area contributed by atoms with Crippen molar-refractivity contribution in [1.82, 2.24) is 9.80 Å². The summed E-state index contributed by atoms with van der Waals surface area (Å²) in [4.78, 5) is 17.9. The standard InChI is InChI=1S/C15H24N2O2S/c18-11-2-1-6-15(19)17-8-4-7-16(9-10-17)13-14-5-3-12-20-14/h3,5,12,18H,1-2,4,6-11,13H2. The summed E-state index contributed by atoms with van der Waals surface area (Å²) in [6, 6.07) is 4.27. The molecule has 1 aromatic heterocycles. The molecule has 2 rings (SSSR count). The highest BCUT2D eigenvalue weighted by Crippen LogP contribution is 2.14. The van der Waals surface area contributed by atoms with Crippen molar-refractivity contribution < 1.29 is 9.90 Å². The van der Waals surface area contributed by atoms with Gasteiger partial charge in [0, 0.05) is 50.6 Å². The van der Waals surface area contributed by atoms with Crippen LogP contribution in [0.2, 0.25) is 0 Å². The second-order valence-electron chi connectivity index (χ2n) is 5.27. The molecule has 112 valence electrons. The van der Waals surface area contributed by atoms with Gasteiger partial charge in [-0.05, 0) is 30.7 Å². The van der Waals surface area contributed by atoms with Gasteiger partial charge in [-0.1, -0.05) is 6.07 Å². The summed E-state index contributed by atoms with van der Waals surface area (Å²) in [6.07, 6.45) is 3.15. The summed E-state index contributed by atoms with van der Waals surface area (Å²) in [5.41, 5.74) is 0. The van der Waals surface area contributed by atoms with Crippen LogP contribution in [0.15, 0.2) is 17.5 Å². The number of aliphatic hydroxyl groups is 1. The topological polar surface area (TPSA) is 43.8 Å². The maximum Gasteiger partial charge on any atom is 0.222 e. The van der Waals surface area contributed by atoms with Crippen molar-refractivity contribution in [3.8, 4) is 0 Å². The normalized spacial score (nSPS) is 17.1. The van der Waals surface area contributed by atoms with Crippen LogP contribution < -0.4 is 0 Å². The minimum absolute atomic E-state index is 0.182. The molecule has 0 radical (unpaired) electrons. The second-order valence-corrected chi connectivity index (χ2v) is 6.30. The van der Waals surface area contributed by atoms with E-state index in [4.69, 9.17) is 5.11 Å². The molecule has 1 aliphatic rings. The number of unbranched alkanes of at least 4 members (excludes halogenated alkanes) is 1. The van der Waals surface area contributed by atoms with Crippen molar-refractivity contribution >= 4 is 17.2 Å². The first kappa shape index (κ1) is 15.5. The van der Waals surface area contributed by atoms with Crippen LogP contribution in [-0.4, -0.2) is 53.6 Å². The maximum absolute atomic E-state index is 12.1. The van der Waals surface area contributed by atoms with Crippen LogP contribution >= 0.6 is 11.3 Å². The molecule has 20 heavy (non-hydrogen) atoms. The van der Waals surface area contributed by atoms with Crippen LogP contribution in [0.1, 0.15) is 30.6 Å². The minimum atomic E-state index is 0.182. The Morgan fingerprint density at radius 1 is 1.25 bits per heavy atom. The van der Waals surface area contributed by atoms with Crippen LogP contribution in [0.25, 0.3) is 0 Å². The van der Waals surface area contributed by atoms with Crippen LogP contribution in [0.5, 0.6) is 0 Å². The molecular formula is C15H24N2O2S. The summed E-state index contributed by atoms with van der Waals surface area (Å²) in [5.74, 6) is 0.247. The van der Waals surface area contributed by atoms with Crippen molar-refractivity contribution in [3.63, 3.8) is 0 Å². The molecule has 1 amide bonds. The van der Waals surface area contributed by atoms with E-state index in [0.29, 0.717) is 6.42 Å². The molecule has 0 unspecified atom stereocenters. The van der Waals surface area contributed by atoms with E-state index >= 15 is 0 Å². The lowest BCUT2D eigenvalue weighted by Crippen LogP contribution is -2.34. The first-order valence-electron chi connectivity index (χ1n) is 7.43. The third-order valence-electron chi connectivity index (χ3n) is 3.70. The predicted molar refractivity (Wildman–Crippen MR) is 81.7 cm³/mol. The van der Waals surface area contributed by atoms with Crippen LogP contribution in [0, 0.1) is 0 Å². The molecule has 4 nitrogen and oxygen atoms in total. The van der Waals surface area contributed by atoms with Crippen molar-refractivity contribution in [2.45, 2.75) is 32.2 Å². The number of thiophene rings is 1. The lowest BCUT2D eigenvalue weighted by Gasteiger charge is -2.21. The summed E-state index contributed by atoms with van der Waals surface area (Å²) in [7, 11) is 0. The van der Waals surface area contributed by atoms with Crippen LogP contribution in [0.4, 0.5) is 0 Å². The number of nitrogens with zero attached hydrogens (tertiary/aromatic N) is 2. The molecule has 5 heteroatoms. The zero-order valence-corrected chi connectivity index (χ0v) is 12.8. The molecule has 1 saturated heterocycles. The van der Waals surface area contributed by atoms with Gasteiger partial charge in [0.15, 0.2) is 0 Å². The molecular weight excluding hydrogens is 272 g/mol. The highest BCUT2D eigenvalue weighted by atomic mass is 32.1. The van der Waals surface area contributed by atoms with Gasteiger partial charge in [-0.2, -0.15) is 0 Å². The lowest BCUT2D eigenvalue weighted by molar-refractivity contribution is -0.131. The zero-order valence-electron chi connectivity index (χ0n) is 12.0. The molecule has 0 bridgehead atoms. The number of carbonyl (C=O) groups excluding carboxylic acids is 1. The summed E-state index contributed by atoms with van der Waals surface area (Å²) in [5, 5.41) is 10.9. The molecule has 1 N–H and O–H groups in total. The third-order valence-corrected chi connectivity index (χ3v) is 4.56. The monoisotopic (exact) mass is 296 g/mol. The Hall–Kier alpha value is -0.910. The highest BCUT2D eigenvalue weighted by Gasteiger charge is 2.18. The van der Waals surface area contributed by atoms with Gasteiger partial charge >= 0.3 is 0 Å². The smallest absolute Gasteiger partial charge is 0.222 e. The zero-order chi connectivity index (χ0) is 14.2. The second kappa shape index (κ2) is 8.39. The van der Waals surface area contributed by atoms with E-state index in [1.807, 2.05) is 4.90 Å². The maximum atomic E-state index is 12.1. The van der Waals surface area contributed by atoms with E-state index in [1.165, 1.54) is 4.88 Å². The summed E-state index contributed by atoms with van der Waals surface area (Å²) in [6.45, 7) is 4.93. The number of hydrogen-bond donors (Lipinski definition) is 1. The molecule has 0 aliphatic carbocycles. The number of hydrogen-bond acceptors (Lipinski definition) is 4. The molecule has 1 fully saturated rings. The van der Waals surface area contributed by atoms with Crippen molar-refractivity contribution in [3.05, 3.63) is 22.4 Å². The van der Waals surface area contributed by atoms with Gasteiger partial charge in [0.25, 0.3) is 0 Å². The Bertz CT molecular complexity index is 395. The Morgan fingerprint density at radius 3 is 2.90 bits per heavy atom. The fourth-order valence-electron chi connectivity index (χ4n) is 2.55. The highest BCUT2D eigenvalue weighted by molar-refractivity contribution is 7.09. The van der Waals surface area contributed by atoms with E-state index in [9.17, 15) is 4.79 Å². The Labute approximate surface area is 125 Å². The fourth-order valence-corrected chi connectivity index (χ4v) is 3.29. The summed E-state index contributed by atoms with van der Waals surface area (Å²) >= 11 is 1.80. The average molecular weight is 296 g/mol.